The van der Waals surface area contributed by atoms with Crippen molar-refractivity contribution in [2.24, 2.45) is 0 Å². The van der Waals surface area contributed by atoms with Crippen LogP contribution in [0.5, 0.6) is 0 Å². The van der Waals surface area contributed by atoms with Gasteiger partial charge in [0.1, 0.15) is 0 Å². The van der Waals surface area contributed by atoms with Crippen molar-refractivity contribution in [2.45, 2.75) is 45.3 Å². The molecule has 0 spiro atoms. The van der Waals surface area contributed by atoms with E-state index >= 15 is 0 Å². The average molecular weight is 232 g/mol. The molecule has 0 aliphatic carbocycles. The number of benzene rings is 1. The van der Waals surface area contributed by atoms with Gasteiger partial charge in [0.25, 0.3) is 0 Å². The Morgan fingerprint density at radius 3 is 2.41 bits per heavy atom. The second-order valence-corrected chi connectivity index (χ2v) is 5.16. The number of hydrogen-bond donors (Lipinski definition) is 1. The van der Waals surface area contributed by atoms with Crippen LogP contribution < -0.4 is 5.32 Å². The summed E-state index contributed by atoms with van der Waals surface area (Å²) in [4.78, 5) is 2.56. The molecule has 2 heteroatoms. The molecule has 94 valence electrons. The molecule has 0 saturated carbocycles. The van der Waals surface area contributed by atoms with Crippen LogP contribution in [0, 0.1) is 0 Å². The van der Waals surface area contributed by atoms with Gasteiger partial charge in [0, 0.05) is 19.1 Å². The highest BCUT2D eigenvalue weighted by atomic mass is 15.1. The highest BCUT2D eigenvalue weighted by molar-refractivity contribution is 5.30. The summed E-state index contributed by atoms with van der Waals surface area (Å²) in [6.45, 7) is 5.80. The number of nitrogens with one attached hydrogen (secondary N) is 1. The van der Waals surface area contributed by atoms with Gasteiger partial charge in [-0.2, -0.15) is 0 Å². The Bertz CT molecular complexity index is 324. The van der Waals surface area contributed by atoms with Gasteiger partial charge in [-0.15, -0.1) is 0 Å². The normalized spacial score (nSPS) is 17.1. The zero-order chi connectivity index (χ0) is 12.1. The van der Waals surface area contributed by atoms with Gasteiger partial charge in [0.2, 0.25) is 0 Å². The maximum Gasteiger partial charge on any atom is 0.0240 e. The fourth-order valence-corrected chi connectivity index (χ4v) is 2.49. The molecule has 1 atom stereocenters. The molecule has 0 amide bonds. The van der Waals surface area contributed by atoms with Crippen LogP contribution in [-0.4, -0.2) is 24.5 Å². The summed E-state index contributed by atoms with van der Waals surface area (Å²) in [5.74, 6) is 0. The molecular formula is C15H24N2. The predicted octanol–water partition coefficient (Wildman–Crippen LogP) is 2.78. The SMILES string of the molecule is CNC(C)CCCCN1Cc2ccccc2C1. The maximum atomic E-state index is 3.29. The molecule has 1 aliphatic heterocycles. The molecule has 1 N–H and O–H groups in total. The third-order valence-corrected chi connectivity index (χ3v) is 3.76. The third kappa shape index (κ3) is 3.55. The first-order chi connectivity index (χ1) is 8.29. The lowest BCUT2D eigenvalue weighted by molar-refractivity contribution is 0.275. The minimum atomic E-state index is 0.658. The molecule has 0 fully saturated rings. The van der Waals surface area contributed by atoms with E-state index in [-0.39, 0.29) is 0 Å². The summed E-state index contributed by atoms with van der Waals surface area (Å²) in [7, 11) is 2.04. The molecule has 0 saturated heterocycles. The van der Waals surface area contributed by atoms with Gasteiger partial charge in [0.05, 0.1) is 0 Å². The number of unbranched alkanes of at least 4 members (excludes halogenated alkanes) is 1. The van der Waals surface area contributed by atoms with Crippen LogP contribution in [0.2, 0.25) is 0 Å². The second-order valence-electron chi connectivity index (χ2n) is 5.16. The van der Waals surface area contributed by atoms with E-state index in [2.05, 4.69) is 41.4 Å². The molecule has 1 aromatic carbocycles. The molecule has 0 bridgehead atoms. The Labute approximate surface area is 105 Å². The second kappa shape index (κ2) is 6.18. The van der Waals surface area contributed by atoms with Crippen LogP contribution in [0.1, 0.15) is 37.3 Å². The lowest BCUT2D eigenvalue weighted by Crippen LogP contribution is -2.22. The van der Waals surface area contributed by atoms with E-state index in [1.807, 2.05) is 7.05 Å². The molecule has 0 aromatic heterocycles. The Morgan fingerprint density at radius 2 is 1.82 bits per heavy atom. The number of rotatable bonds is 6. The molecule has 17 heavy (non-hydrogen) atoms. The molecular weight excluding hydrogens is 208 g/mol. The maximum absolute atomic E-state index is 3.29. The van der Waals surface area contributed by atoms with Crippen molar-refractivity contribution in [3.8, 4) is 0 Å². The number of nitrogens with zero attached hydrogens (tertiary/aromatic N) is 1. The summed E-state index contributed by atoms with van der Waals surface area (Å²) in [6.07, 6.45) is 3.94. The van der Waals surface area contributed by atoms with Crippen molar-refractivity contribution in [2.75, 3.05) is 13.6 Å². The molecule has 0 radical (unpaired) electrons. The zero-order valence-corrected chi connectivity index (χ0v) is 11.1. The zero-order valence-electron chi connectivity index (χ0n) is 11.1. The van der Waals surface area contributed by atoms with E-state index in [1.54, 1.807) is 0 Å². The lowest BCUT2D eigenvalue weighted by Gasteiger charge is -2.15. The van der Waals surface area contributed by atoms with Crippen molar-refractivity contribution < 1.29 is 0 Å². The quantitative estimate of drug-likeness (QED) is 0.759. The first kappa shape index (κ1) is 12.6. The van der Waals surface area contributed by atoms with Crippen molar-refractivity contribution in [3.05, 3.63) is 35.4 Å². The van der Waals surface area contributed by atoms with Crippen LogP contribution in [0.25, 0.3) is 0 Å². The van der Waals surface area contributed by atoms with Gasteiger partial charge in [-0.3, -0.25) is 4.90 Å². The van der Waals surface area contributed by atoms with Crippen molar-refractivity contribution in [1.29, 1.82) is 0 Å². The number of hydrogen-bond acceptors (Lipinski definition) is 2. The molecule has 1 aliphatic rings. The van der Waals surface area contributed by atoms with E-state index < -0.39 is 0 Å². The van der Waals surface area contributed by atoms with Gasteiger partial charge >= 0.3 is 0 Å². The Hall–Kier alpha value is -0.860. The topological polar surface area (TPSA) is 15.3 Å². The van der Waals surface area contributed by atoms with Crippen LogP contribution in [0.4, 0.5) is 0 Å². The monoisotopic (exact) mass is 232 g/mol. The standard InChI is InChI=1S/C15H24N2/c1-13(16-2)7-5-6-10-17-11-14-8-3-4-9-15(14)12-17/h3-4,8-9,13,16H,5-7,10-12H2,1-2H3. The molecule has 1 heterocycles. The van der Waals surface area contributed by atoms with Gasteiger partial charge < -0.3 is 5.32 Å². The van der Waals surface area contributed by atoms with Crippen LogP contribution >= 0.6 is 0 Å². The van der Waals surface area contributed by atoms with Gasteiger partial charge in [-0.05, 0) is 44.5 Å². The third-order valence-electron chi connectivity index (χ3n) is 3.76. The first-order valence-electron chi connectivity index (χ1n) is 6.76. The summed E-state index contributed by atoms with van der Waals surface area (Å²) in [5, 5.41) is 3.29. The lowest BCUT2D eigenvalue weighted by atomic mass is 10.1. The van der Waals surface area contributed by atoms with E-state index in [9.17, 15) is 0 Å². The Kier molecular flexibility index (Phi) is 4.57. The summed E-state index contributed by atoms with van der Waals surface area (Å²) in [5.41, 5.74) is 3.05. The fraction of sp³-hybridized carbons (Fsp3) is 0.600. The van der Waals surface area contributed by atoms with Crippen molar-refractivity contribution in [3.63, 3.8) is 0 Å². The van der Waals surface area contributed by atoms with E-state index in [0.717, 1.165) is 13.1 Å². The minimum absolute atomic E-state index is 0.658. The highest BCUT2D eigenvalue weighted by Crippen LogP contribution is 2.22. The Morgan fingerprint density at radius 1 is 1.18 bits per heavy atom. The van der Waals surface area contributed by atoms with E-state index in [4.69, 9.17) is 0 Å². The van der Waals surface area contributed by atoms with Gasteiger partial charge in [-0.25, -0.2) is 0 Å². The fourth-order valence-electron chi connectivity index (χ4n) is 2.49. The van der Waals surface area contributed by atoms with Crippen LogP contribution in [0.3, 0.4) is 0 Å². The highest BCUT2D eigenvalue weighted by Gasteiger charge is 2.17. The van der Waals surface area contributed by atoms with Crippen LogP contribution in [0.15, 0.2) is 24.3 Å². The van der Waals surface area contributed by atoms with E-state index in [1.165, 1.54) is 36.9 Å². The largest absolute Gasteiger partial charge is 0.317 e. The molecule has 2 rings (SSSR count). The first-order valence-corrected chi connectivity index (χ1v) is 6.76. The summed E-state index contributed by atoms with van der Waals surface area (Å²) < 4.78 is 0. The minimum Gasteiger partial charge on any atom is -0.317 e. The average Bonchev–Trinajstić information content (AvgIpc) is 2.76. The predicted molar refractivity (Wildman–Crippen MR) is 72.9 cm³/mol. The molecule has 2 nitrogen and oxygen atoms in total. The Balaban J connectivity index is 1.67. The van der Waals surface area contributed by atoms with Crippen molar-refractivity contribution in [1.82, 2.24) is 10.2 Å². The van der Waals surface area contributed by atoms with Gasteiger partial charge in [-0.1, -0.05) is 30.7 Å². The summed E-state index contributed by atoms with van der Waals surface area (Å²) in [6, 6.07) is 9.48. The number of fused-ring (bicyclic) bond motifs is 1. The van der Waals surface area contributed by atoms with Gasteiger partial charge in [0.15, 0.2) is 0 Å². The van der Waals surface area contributed by atoms with E-state index in [0.29, 0.717) is 6.04 Å². The molecule has 1 aromatic rings. The smallest absolute Gasteiger partial charge is 0.0240 e. The van der Waals surface area contributed by atoms with Crippen molar-refractivity contribution >= 4 is 0 Å². The van der Waals surface area contributed by atoms with Crippen LogP contribution in [-0.2, 0) is 13.1 Å². The summed E-state index contributed by atoms with van der Waals surface area (Å²) >= 11 is 0. The molecule has 1 unspecified atom stereocenters.